The van der Waals surface area contributed by atoms with E-state index < -0.39 is 0 Å². The van der Waals surface area contributed by atoms with Crippen molar-refractivity contribution in [2.24, 2.45) is 0 Å². The van der Waals surface area contributed by atoms with Crippen LogP contribution in [-0.2, 0) is 0 Å². The van der Waals surface area contributed by atoms with E-state index in [4.69, 9.17) is 16.7 Å². The molecule has 0 aliphatic heterocycles. The molecular formula is C12H17ClFNO. The third-order valence-corrected chi connectivity index (χ3v) is 2.79. The zero-order valence-electron chi connectivity index (χ0n) is 9.34. The molecule has 0 amide bonds. The monoisotopic (exact) mass is 245 g/mol. The first-order chi connectivity index (χ1) is 7.65. The van der Waals surface area contributed by atoms with Gasteiger partial charge in [0, 0.05) is 17.7 Å². The summed E-state index contributed by atoms with van der Waals surface area (Å²) in [6, 6.07) is 4.52. The zero-order valence-corrected chi connectivity index (χ0v) is 10.1. The molecular weight excluding hydrogens is 229 g/mol. The van der Waals surface area contributed by atoms with Crippen LogP contribution in [0, 0.1) is 5.82 Å². The van der Waals surface area contributed by atoms with Gasteiger partial charge in [-0.2, -0.15) is 0 Å². The molecule has 0 saturated heterocycles. The highest BCUT2D eigenvalue weighted by Crippen LogP contribution is 2.23. The largest absolute Gasteiger partial charge is 0.396 e. The van der Waals surface area contributed by atoms with Crippen LogP contribution >= 0.6 is 11.6 Å². The second kappa shape index (κ2) is 6.84. The smallest absolute Gasteiger partial charge is 0.124 e. The number of benzene rings is 1. The molecule has 4 heteroatoms. The van der Waals surface area contributed by atoms with Crippen molar-refractivity contribution in [3.05, 3.63) is 34.6 Å². The molecule has 0 aliphatic carbocycles. The van der Waals surface area contributed by atoms with Gasteiger partial charge in [0.25, 0.3) is 0 Å². The topological polar surface area (TPSA) is 32.3 Å². The Bertz CT molecular complexity index is 333. The van der Waals surface area contributed by atoms with Gasteiger partial charge in [-0.05, 0) is 44.0 Å². The van der Waals surface area contributed by atoms with Gasteiger partial charge in [0.2, 0.25) is 0 Å². The Hall–Kier alpha value is -0.640. The minimum atomic E-state index is -0.318. The fourth-order valence-electron chi connectivity index (χ4n) is 1.52. The molecule has 0 heterocycles. The Morgan fingerprint density at radius 2 is 2.19 bits per heavy atom. The number of nitrogens with one attached hydrogen (secondary N) is 1. The van der Waals surface area contributed by atoms with Gasteiger partial charge in [-0.15, -0.1) is 0 Å². The van der Waals surface area contributed by atoms with E-state index in [1.165, 1.54) is 12.1 Å². The van der Waals surface area contributed by atoms with Gasteiger partial charge in [0.05, 0.1) is 0 Å². The predicted octanol–water partition coefficient (Wildman–Crippen LogP) is 2.90. The number of aliphatic hydroxyl groups is 1. The standard InChI is InChI=1S/C12H17ClFNO/c1-9(15-6-2-3-7-16)11-5-4-10(14)8-12(11)13/h4-5,8-9,15-16H,2-3,6-7H2,1H3. The van der Waals surface area contributed by atoms with Crippen LogP contribution in [0.5, 0.6) is 0 Å². The molecule has 2 N–H and O–H groups in total. The lowest BCUT2D eigenvalue weighted by atomic mass is 10.1. The number of rotatable bonds is 6. The second-order valence-electron chi connectivity index (χ2n) is 3.77. The van der Waals surface area contributed by atoms with Crippen LogP contribution in [0.4, 0.5) is 4.39 Å². The Morgan fingerprint density at radius 1 is 1.44 bits per heavy atom. The molecule has 0 aromatic heterocycles. The fraction of sp³-hybridized carbons (Fsp3) is 0.500. The maximum absolute atomic E-state index is 12.8. The molecule has 1 atom stereocenters. The van der Waals surface area contributed by atoms with Crippen LogP contribution in [0.1, 0.15) is 31.4 Å². The molecule has 0 bridgehead atoms. The minimum Gasteiger partial charge on any atom is -0.396 e. The minimum absolute atomic E-state index is 0.0896. The van der Waals surface area contributed by atoms with Crippen LogP contribution in [-0.4, -0.2) is 18.3 Å². The van der Waals surface area contributed by atoms with Gasteiger partial charge in [-0.25, -0.2) is 4.39 Å². The number of hydrogen-bond acceptors (Lipinski definition) is 2. The Kier molecular flexibility index (Phi) is 5.74. The summed E-state index contributed by atoms with van der Waals surface area (Å²) in [6.07, 6.45) is 1.70. The van der Waals surface area contributed by atoms with Crippen LogP contribution < -0.4 is 5.32 Å². The maximum atomic E-state index is 12.8. The van der Waals surface area contributed by atoms with E-state index in [9.17, 15) is 4.39 Å². The third kappa shape index (κ3) is 4.08. The molecule has 1 aromatic rings. The van der Waals surface area contributed by atoms with Crippen molar-refractivity contribution in [3.8, 4) is 0 Å². The lowest BCUT2D eigenvalue weighted by Crippen LogP contribution is -2.20. The summed E-state index contributed by atoms with van der Waals surface area (Å²) in [6.45, 7) is 3.01. The fourth-order valence-corrected chi connectivity index (χ4v) is 1.85. The lowest BCUT2D eigenvalue weighted by molar-refractivity contribution is 0.283. The van der Waals surface area contributed by atoms with Crippen LogP contribution in [0.15, 0.2) is 18.2 Å². The highest BCUT2D eigenvalue weighted by molar-refractivity contribution is 6.31. The van der Waals surface area contributed by atoms with Crippen molar-refractivity contribution in [3.63, 3.8) is 0 Å². The van der Waals surface area contributed by atoms with Crippen molar-refractivity contribution in [1.29, 1.82) is 0 Å². The van der Waals surface area contributed by atoms with Gasteiger partial charge in [0.15, 0.2) is 0 Å². The average molecular weight is 246 g/mol. The van der Waals surface area contributed by atoms with Gasteiger partial charge in [-0.3, -0.25) is 0 Å². The van der Waals surface area contributed by atoms with E-state index in [2.05, 4.69) is 5.32 Å². The molecule has 0 fully saturated rings. The van der Waals surface area contributed by atoms with Crippen molar-refractivity contribution < 1.29 is 9.50 Å². The second-order valence-corrected chi connectivity index (χ2v) is 4.18. The normalized spacial score (nSPS) is 12.8. The zero-order chi connectivity index (χ0) is 12.0. The van der Waals surface area contributed by atoms with E-state index in [0.29, 0.717) is 5.02 Å². The Morgan fingerprint density at radius 3 is 2.81 bits per heavy atom. The first kappa shape index (κ1) is 13.4. The summed E-state index contributed by atoms with van der Waals surface area (Å²) < 4.78 is 12.8. The van der Waals surface area contributed by atoms with Crippen molar-refractivity contribution >= 4 is 11.6 Å². The molecule has 1 unspecified atom stereocenters. The van der Waals surface area contributed by atoms with Gasteiger partial charge < -0.3 is 10.4 Å². The Labute approximate surface area is 100 Å². The molecule has 0 spiro atoms. The molecule has 2 nitrogen and oxygen atoms in total. The summed E-state index contributed by atoms with van der Waals surface area (Å²) in [7, 11) is 0. The number of hydrogen-bond donors (Lipinski definition) is 2. The quantitative estimate of drug-likeness (QED) is 0.756. The van der Waals surface area contributed by atoms with E-state index in [1.54, 1.807) is 6.07 Å². The number of unbranched alkanes of at least 4 members (excludes halogenated alkanes) is 1. The van der Waals surface area contributed by atoms with Gasteiger partial charge in [-0.1, -0.05) is 17.7 Å². The van der Waals surface area contributed by atoms with E-state index in [1.807, 2.05) is 6.92 Å². The molecule has 0 aliphatic rings. The van der Waals surface area contributed by atoms with Crippen molar-refractivity contribution in [2.45, 2.75) is 25.8 Å². The molecule has 90 valence electrons. The summed E-state index contributed by atoms with van der Waals surface area (Å²) in [5, 5.41) is 12.4. The van der Waals surface area contributed by atoms with Crippen molar-refractivity contribution in [1.82, 2.24) is 5.32 Å². The first-order valence-corrected chi connectivity index (χ1v) is 5.82. The molecule has 16 heavy (non-hydrogen) atoms. The third-order valence-electron chi connectivity index (χ3n) is 2.46. The van der Waals surface area contributed by atoms with Crippen LogP contribution in [0.25, 0.3) is 0 Å². The predicted molar refractivity (Wildman–Crippen MR) is 64.1 cm³/mol. The highest BCUT2D eigenvalue weighted by Gasteiger charge is 2.09. The highest BCUT2D eigenvalue weighted by atomic mass is 35.5. The average Bonchev–Trinajstić information content (AvgIpc) is 2.24. The molecule has 0 radical (unpaired) electrons. The number of aliphatic hydroxyl groups excluding tert-OH is 1. The SMILES string of the molecule is CC(NCCCCO)c1ccc(F)cc1Cl. The van der Waals surface area contributed by atoms with E-state index >= 15 is 0 Å². The Balaban J connectivity index is 2.49. The first-order valence-electron chi connectivity index (χ1n) is 5.44. The molecule has 0 saturated carbocycles. The van der Waals surface area contributed by atoms with Gasteiger partial charge >= 0.3 is 0 Å². The van der Waals surface area contributed by atoms with Gasteiger partial charge in [0.1, 0.15) is 5.82 Å². The molecule has 1 aromatic carbocycles. The van der Waals surface area contributed by atoms with Crippen molar-refractivity contribution in [2.75, 3.05) is 13.2 Å². The lowest BCUT2D eigenvalue weighted by Gasteiger charge is -2.15. The summed E-state index contributed by atoms with van der Waals surface area (Å²) >= 11 is 5.94. The maximum Gasteiger partial charge on any atom is 0.124 e. The van der Waals surface area contributed by atoms with Crippen LogP contribution in [0.3, 0.4) is 0 Å². The molecule has 1 rings (SSSR count). The van der Waals surface area contributed by atoms with E-state index in [0.717, 1.165) is 24.9 Å². The van der Waals surface area contributed by atoms with Crippen LogP contribution in [0.2, 0.25) is 5.02 Å². The summed E-state index contributed by atoms with van der Waals surface area (Å²) in [4.78, 5) is 0. The summed E-state index contributed by atoms with van der Waals surface area (Å²) in [5.41, 5.74) is 0.895. The summed E-state index contributed by atoms with van der Waals surface area (Å²) in [5.74, 6) is -0.318. The number of halogens is 2. The van der Waals surface area contributed by atoms with E-state index in [-0.39, 0.29) is 18.5 Å².